The van der Waals surface area contributed by atoms with Gasteiger partial charge in [0, 0.05) is 19.1 Å². The molecule has 0 spiro atoms. The van der Waals surface area contributed by atoms with Crippen LogP contribution < -0.4 is 4.72 Å². The van der Waals surface area contributed by atoms with E-state index in [1.807, 2.05) is 0 Å². The van der Waals surface area contributed by atoms with Gasteiger partial charge in [0.1, 0.15) is 0 Å². The van der Waals surface area contributed by atoms with Crippen LogP contribution in [0.2, 0.25) is 0 Å². The number of benzene rings is 1. The highest BCUT2D eigenvalue weighted by molar-refractivity contribution is 7.89. The number of carbonyl (C=O) groups is 1. The third-order valence-electron chi connectivity index (χ3n) is 4.06. The lowest BCUT2D eigenvalue weighted by Gasteiger charge is -2.31. The molecule has 1 saturated heterocycles. The fourth-order valence-corrected chi connectivity index (χ4v) is 4.34. The van der Waals surface area contributed by atoms with E-state index in [9.17, 15) is 26.4 Å². The zero-order chi connectivity index (χ0) is 18.8. The lowest BCUT2D eigenvalue weighted by molar-refractivity contribution is -0.139. The molecule has 0 unspecified atom stereocenters. The predicted octanol–water partition coefficient (Wildman–Crippen LogP) is 1.84. The van der Waals surface area contributed by atoms with Crippen LogP contribution in [0, 0.1) is 6.92 Å². The number of nitrogens with one attached hydrogen (secondary N) is 1. The van der Waals surface area contributed by atoms with Crippen LogP contribution in [0.15, 0.2) is 23.1 Å². The highest BCUT2D eigenvalue weighted by Crippen LogP contribution is 2.31. The predicted molar refractivity (Wildman–Crippen MR) is 83.6 cm³/mol. The van der Waals surface area contributed by atoms with E-state index >= 15 is 0 Å². The van der Waals surface area contributed by atoms with Gasteiger partial charge in [-0.05, 0) is 43.5 Å². The Morgan fingerprint density at radius 1 is 1.32 bits per heavy atom. The van der Waals surface area contributed by atoms with E-state index in [1.165, 1.54) is 6.92 Å². The van der Waals surface area contributed by atoms with E-state index in [1.54, 1.807) is 4.90 Å². The maximum atomic E-state index is 12.7. The van der Waals surface area contributed by atoms with Crippen LogP contribution in [0.1, 0.15) is 24.0 Å². The van der Waals surface area contributed by atoms with Crippen LogP contribution in [0.5, 0.6) is 0 Å². The highest BCUT2D eigenvalue weighted by atomic mass is 32.2. The molecule has 140 valence electrons. The number of aliphatic carboxylic acids is 1. The summed E-state index contributed by atoms with van der Waals surface area (Å²) in [7, 11) is -3.95. The summed E-state index contributed by atoms with van der Waals surface area (Å²) in [5.74, 6) is -0.945. The standard InChI is InChI=1S/C15H19F3N2O4S/c1-10-8-11(15(16,17)18)2-3-13(10)25(23,24)19-12-4-6-20(7-5-12)9-14(21)22/h2-3,8,12,19H,4-7,9H2,1H3,(H,21,22). The summed E-state index contributed by atoms with van der Waals surface area (Å²) in [5, 5.41) is 8.74. The van der Waals surface area contributed by atoms with Gasteiger partial charge in [-0.3, -0.25) is 9.69 Å². The summed E-state index contributed by atoms with van der Waals surface area (Å²) in [5.41, 5.74) is -0.878. The summed E-state index contributed by atoms with van der Waals surface area (Å²) in [4.78, 5) is 12.2. The molecule has 25 heavy (non-hydrogen) atoms. The second-order valence-electron chi connectivity index (χ2n) is 6.04. The fourth-order valence-electron chi connectivity index (χ4n) is 2.81. The summed E-state index contributed by atoms with van der Waals surface area (Å²) in [6, 6.07) is 2.14. The van der Waals surface area contributed by atoms with Crippen molar-refractivity contribution in [1.82, 2.24) is 9.62 Å². The van der Waals surface area contributed by atoms with Crippen molar-refractivity contribution in [2.75, 3.05) is 19.6 Å². The number of piperidine rings is 1. The first kappa shape index (κ1) is 19.7. The van der Waals surface area contributed by atoms with Crippen LogP contribution in [0.25, 0.3) is 0 Å². The number of sulfonamides is 1. The summed E-state index contributed by atoms with van der Waals surface area (Å²) >= 11 is 0. The smallest absolute Gasteiger partial charge is 0.416 e. The summed E-state index contributed by atoms with van der Waals surface area (Å²) in [6.45, 7) is 2.09. The van der Waals surface area contributed by atoms with Gasteiger partial charge < -0.3 is 5.11 Å². The molecule has 0 atom stereocenters. The van der Waals surface area contributed by atoms with Crippen LogP contribution in [-0.4, -0.2) is 50.1 Å². The van der Waals surface area contributed by atoms with Crippen molar-refractivity contribution in [1.29, 1.82) is 0 Å². The third-order valence-corrected chi connectivity index (χ3v) is 5.74. The Balaban J connectivity index is 2.06. The largest absolute Gasteiger partial charge is 0.480 e. The highest BCUT2D eigenvalue weighted by Gasteiger charge is 2.32. The number of nitrogens with zero attached hydrogens (tertiary/aromatic N) is 1. The molecule has 1 aliphatic heterocycles. The molecule has 0 aromatic heterocycles. The lowest BCUT2D eigenvalue weighted by Crippen LogP contribution is -2.45. The first-order valence-electron chi connectivity index (χ1n) is 7.63. The van der Waals surface area contributed by atoms with E-state index in [0.29, 0.717) is 25.9 Å². The van der Waals surface area contributed by atoms with Crippen molar-refractivity contribution in [2.24, 2.45) is 0 Å². The minimum absolute atomic E-state index is 0.0191. The molecule has 0 amide bonds. The average Bonchev–Trinajstić information content (AvgIpc) is 2.47. The number of rotatable bonds is 5. The second kappa shape index (κ2) is 7.30. The number of hydrogen-bond donors (Lipinski definition) is 2. The van der Waals surface area contributed by atoms with E-state index in [2.05, 4.69) is 4.72 Å². The Kier molecular flexibility index (Phi) is 5.75. The molecule has 0 saturated carbocycles. The molecule has 1 heterocycles. The summed E-state index contributed by atoms with van der Waals surface area (Å²) < 4.78 is 65.4. The number of carboxylic acids is 1. The molecule has 0 bridgehead atoms. The van der Waals surface area contributed by atoms with E-state index < -0.39 is 27.7 Å². The van der Waals surface area contributed by atoms with E-state index in [4.69, 9.17) is 5.11 Å². The third kappa shape index (κ3) is 5.16. The first-order chi connectivity index (χ1) is 11.5. The topological polar surface area (TPSA) is 86.7 Å². The van der Waals surface area contributed by atoms with Gasteiger partial charge in [-0.25, -0.2) is 13.1 Å². The lowest BCUT2D eigenvalue weighted by atomic mass is 10.1. The molecule has 0 aliphatic carbocycles. The monoisotopic (exact) mass is 380 g/mol. The minimum Gasteiger partial charge on any atom is -0.480 e. The molecule has 1 aliphatic rings. The minimum atomic E-state index is -4.53. The van der Waals surface area contributed by atoms with Crippen molar-refractivity contribution in [3.8, 4) is 0 Å². The maximum absolute atomic E-state index is 12.7. The first-order valence-corrected chi connectivity index (χ1v) is 9.11. The van der Waals surface area contributed by atoms with Crippen molar-refractivity contribution in [2.45, 2.75) is 36.9 Å². The molecular weight excluding hydrogens is 361 g/mol. The van der Waals surface area contributed by atoms with Crippen molar-refractivity contribution < 1.29 is 31.5 Å². The molecule has 10 heteroatoms. The van der Waals surface area contributed by atoms with Gasteiger partial charge >= 0.3 is 12.1 Å². The van der Waals surface area contributed by atoms with Crippen LogP contribution in [0.4, 0.5) is 13.2 Å². The second-order valence-corrected chi connectivity index (χ2v) is 7.73. The van der Waals surface area contributed by atoms with Crippen LogP contribution >= 0.6 is 0 Å². The van der Waals surface area contributed by atoms with Gasteiger partial charge in [0.2, 0.25) is 10.0 Å². The molecular formula is C15H19F3N2O4S. The Morgan fingerprint density at radius 3 is 2.40 bits per heavy atom. The van der Waals surface area contributed by atoms with Gasteiger partial charge in [0.05, 0.1) is 17.0 Å². The van der Waals surface area contributed by atoms with Crippen LogP contribution in [0.3, 0.4) is 0 Å². The van der Waals surface area contributed by atoms with Gasteiger partial charge in [0.25, 0.3) is 0 Å². The van der Waals surface area contributed by atoms with E-state index in [0.717, 1.165) is 18.2 Å². The van der Waals surface area contributed by atoms with Crippen molar-refractivity contribution in [3.63, 3.8) is 0 Å². The Hall–Kier alpha value is -1.65. The van der Waals surface area contributed by atoms with Gasteiger partial charge in [-0.15, -0.1) is 0 Å². The van der Waals surface area contributed by atoms with Crippen LogP contribution in [-0.2, 0) is 21.0 Å². The normalized spacial score (nSPS) is 17.6. The Labute approximate surface area is 143 Å². The molecule has 1 aromatic rings. The zero-order valence-corrected chi connectivity index (χ0v) is 14.3. The number of hydrogen-bond acceptors (Lipinski definition) is 4. The van der Waals surface area contributed by atoms with Gasteiger partial charge in [0.15, 0.2) is 0 Å². The van der Waals surface area contributed by atoms with E-state index in [-0.39, 0.29) is 23.0 Å². The fraction of sp³-hybridized carbons (Fsp3) is 0.533. The van der Waals surface area contributed by atoms with Crippen molar-refractivity contribution >= 4 is 16.0 Å². The Bertz CT molecular complexity index is 742. The number of aryl methyl sites for hydroxylation is 1. The maximum Gasteiger partial charge on any atom is 0.416 e. The number of alkyl halides is 3. The summed E-state index contributed by atoms with van der Waals surface area (Å²) in [6.07, 6.45) is -3.66. The SMILES string of the molecule is Cc1cc(C(F)(F)F)ccc1S(=O)(=O)NC1CCN(CC(=O)O)CC1. The molecule has 1 aromatic carbocycles. The molecule has 0 radical (unpaired) electrons. The average molecular weight is 380 g/mol. The molecule has 6 nitrogen and oxygen atoms in total. The number of halogens is 3. The number of carboxylic acid groups (broad SMARTS) is 1. The van der Waals surface area contributed by atoms with Gasteiger partial charge in [-0.1, -0.05) is 0 Å². The zero-order valence-electron chi connectivity index (χ0n) is 13.5. The molecule has 1 fully saturated rings. The molecule has 2 rings (SSSR count). The van der Waals surface area contributed by atoms with Crippen molar-refractivity contribution in [3.05, 3.63) is 29.3 Å². The van der Waals surface area contributed by atoms with Gasteiger partial charge in [-0.2, -0.15) is 13.2 Å². The molecule has 2 N–H and O–H groups in total. The quantitative estimate of drug-likeness (QED) is 0.814. The number of likely N-dealkylation sites (tertiary alicyclic amines) is 1. The Morgan fingerprint density at radius 2 is 1.92 bits per heavy atom.